The summed E-state index contributed by atoms with van der Waals surface area (Å²) in [5, 5.41) is 5.52. The quantitative estimate of drug-likeness (QED) is 0.632. The van der Waals surface area contributed by atoms with E-state index in [-0.39, 0.29) is 5.78 Å². The van der Waals surface area contributed by atoms with Gasteiger partial charge in [-0.2, -0.15) is 0 Å². The summed E-state index contributed by atoms with van der Waals surface area (Å²) >= 11 is 1.75. The predicted octanol–water partition coefficient (Wildman–Crippen LogP) is 5.25. The van der Waals surface area contributed by atoms with Gasteiger partial charge in [-0.3, -0.25) is 0 Å². The highest BCUT2D eigenvalue weighted by Gasteiger charge is 2.08. The number of hydrogen-bond donors (Lipinski definition) is 1. The Kier molecular flexibility index (Phi) is 5.61. The molecule has 4 heteroatoms. The molecule has 2 aromatic heterocycles. The number of pyridine rings is 1. The van der Waals surface area contributed by atoms with Gasteiger partial charge in [-0.15, -0.1) is 11.3 Å². The van der Waals surface area contributed by atoms with E-state index in [2.05, 4.69) is 59.0 Å². The number of aromatic nitrogens is 1. The lowest BCUT2D eigenvalue weighted by atomic mass is 10.0. The molecule has 3 nitrogen and oxygen atoms in total. The fourth-order valence-corrected chi connectivity index (χ4v) is 3.62. The molecule has 25 heavy (non-hydrogen) atoms. The van der Waals surface area contributed by atoms with Crippen LogP contribution in [0.2, 0.25) is 0 Å². The summed E-state index contributed by atoms with van der Waals surface area (Å²) in [7, 11) is 0. The molecule has 0 spiro atoms. The van der Waals surface area contributed by atoms with Gasteiger partial charge in [0.05, 0.1) is 0 Å². The summed E-state index contributed by atoms with van der Waals surface area (Å²) in [5.74, 6) is 1.14. The number of ketones is 1. The van der Waals surface area contributed by atoms with Crippen LogP contribution in [0.3, 0.4) is 0 Å². The molecular formula is C21H22N2OS. The van der Waals surface area contributed by atoms with Crippen molar-refractivity contribution < 1.29 is 4.79 Å². The number of benzene rings is 1. The van der Waals surface area contributed by atoms with Crippen LogP contribution in [0.4, 0.5) is 5.82 Å². The van der Waals surface area contributed by atoms with Gasteiger partial charge in [-0.1, -0.05) is 24.3 Å². The van der Waals surface area contributed by atoms with Crippen molar-refractivity contribution in [3.05, 3.63) is 70.7 Å². The molecule has 3 rings (SSSR count). The Labute approximate surface area is 152 Å². The molecule has 0 bridgehead atoms. The zero-order chi connectivity index (χ0) is 17.6. The Morgan fingerprint density at radius 3 is 2.68 bits per heavy atom. The summed E-state index contributed by atoms with van der Waals surface area (Å²) in [6, 6.07) is 14.7. The van der Waals surface area contributed by atoms with Crippen molar-refractivity contribution in [2.75, 3.05) is 5.32 Å². The van der Waals surface area contributed by atoms with Crippen molar-refractivity contribution in [3.8, 4) is 10.4 Å². The lowest BCUT2D eigenvalue weighted by Crippen LogP contribution is -2.01. The molecule has 0 saturated heterocycles. The maximum atomic E-state index is 11.1. The van der Waals surface area contributed by atoms with Crippen molar-refractivity contribution in [1.82, 2.24) is 4.98 Å². The van der Waals surface area contributed by atoms with Crippen LogP contribution >= 0.6 is 11.3 Å². The van der Waals surface area contributed by atoms with Gasteiger partial charge in [-0.25, -0.2) is 4.98 Å². The van der Waals surface area contributed by atoms with E-state index in [0.29, 0.717) is 6.42 Å². The first-order chi connectivity index (χ1) is 12.1. The van der Waals surface area contributed by atoms with Crippen LogP contribution in [0.25, 0.3) is 10.4 Å². The Morgan fingerprint density at radius 2 is 1.96 bits per heavy atom. The highest BCUT2D eigenvalue weighted by Crippen LogP contribution is 2.30. The monoisotopic (exact) mass is 350 g/mol. The van der Waals surface area contributed by atoms with Crippen molar-refractivity contribution >= 4 is 22.9 Å². The van der Waals surface area contributed by atoms with E-state index in [9.17, 15) is 4.79 Å². The Hall–Kier alpha value is -2.46. The second-order valence-corrected chi connectivity index (χ2v) is 7.16. The van der Waals surface area contributed by atoms with Crippen molar-refractivity contribution in [2.45, 2.75) is 33.2 Å². The molecule has 1 N–H and O–H groups in total. The largest absolute Gasteiger partial charge is 0.366 e. The van der Waals surface area contributed by atoms with Crippen LogP contribution in [-0.4, -0.2) is 10.8 Å². The minimum atomic E-state index is 0.237. The number of carbonyl (C=O) groups is 1. The van der Waals surface area contributed by atoms with E-state index >= 15 is 0 Å². The minimum Gasteiger partial charge on any atom is -0.366 e. The number of thiophene rings is 1. The van der Waals surface area contributed by atoms with Gasteiger partial charge < -0.3 is 10.1 Å². The first kappa shape index (κ1) is 17.4. The van der Waals surface area contributed by atoms with Gasteiger partial charge in [0, 0.05) is 24.0 Å². The van der Waals surface area contributed by atoms with E-state index in [1.54, 1.807) is 18.3 Å². The summed E-state index contributed by atoms with van der Waals surface area (Å²) in [6.07, 6.45) is 3.25. The fourth-order valence-electron chi connectivity index (χ4n) is 2.69. The lowest BCUT2D eigenvalue weighted by Gasteiger charge is -2.08. The third-order valence-corrected chi connectivity index (χ3v) is 5.11. The van der Waals surface area contributed by atoms with E-state index in [4.69, 9.17) is 0 Å². The number of anilines is 1. The summed E-state index contributed by atoms with van der Waals surface area (Å²) < 4.78 is 0. The first-order valence-electron chi connectivity index (χ1n) is 8.43. The van der Waals surface area contributed by atoms with E-state index in [1.165, 1.54) is 27.1 Å². The molecule has 0 radical (unpaired) electrons. The molecule has 0 unspecified atom stereocenters. The molecule has 0 aliphatic carbocycles. The summed E-state index contributed by atoms with van der Waals surface area (Å²) in [5.41, 5.74) is 4.89. The average molecular weight is 350 g/mol. The minimum absolute atomic E-state index is 0.237. The van der Waals surface area contributed by atoms with Crippen LogP contribution in [0.1, 0.15) is 30.0 Å². The number of carbonyl (C=O) groups excluding carboxylic acids is 1. The molecule has 128 valence electrons. The van der Waals surface area contributed by atoms with Gasteiger partial charge in [0.1, 0.15) is 11.6 Å². The smallest absolute Gasteiger partial charge is 0.130 e. The lowest BCUT2D eigenvalue weighted by molar-refractivity contribution is -0.116. The normalized spacial score (nSPS) is 10.6. The van der Waals surface area contributed by atoms with Gasteiger partial charge in [0.2, 0.25) is 0 Å². The molecule has 0 fully saturated rings. The molecule has 0 amide bonds. The Balaban J connectivity index is 1.69. The van der Waals surface area contributed by atoms with Gasteiger partial charge in [-0.05, 0) is 66.1 Å². The standard InChI is InChI=1S/C21H22N2OS/c1-15-9-11-22-20(13-15)23-14-19-10-12-25-21(19)18-7-5-17(6-8-18)4-3-16(2)24/h5-13H,3-4,14H2,1-2H3,(H,22,23). The zero-order valence-electron chi connectivity index (χ0n) is 14.6. The third kappa shape index (κ3) is 4.77. The highest BCUT2D eigenvalue weighted by atomic mass is 32.1. The van der Waals surface area contributed by atoms with Crippen LogP contribution < -0.4 is 5.32 Å². The molecule has 1 aromatic carbocycles. The predicted molar refractivity (Wildman–Crippen MR) is 105 cm³/mol. The second kappa shape index (κ2) is 8.08. The molecule has 3 aromatic rings. The maximum Gasteiger partial charge on any atom is 0.130 e. The third-order valence-electron chi connectivity index (χ3n) is 4.10. The van der Waals surface area contributed by atoms with E-state index < -0.39 is 0 Å². The van der Waals surface area contributed by atoms with Gasteiger partial charge in [0.25, 0.3) is 0 Å². The molecule has 2 heterocycles. The van der Waals surface area contributed by atoms with Crippen molar-refractivity contribution in [3.63, 3.8) is 0 Å². The van der Waals surface area contributed by atoms with Crippen LogP contribution in [0, 0.1) is 6.92 Å². The zero-order valence-corrected chi connectivity index (χ0v) is 15.4. The topological polar surface area (TPSA) is 42.0 Å². The second-order valence-electron chi connectivity index (χ2n) is 6.25. The molecule has 0 aliphatic heterocycles. The number of hydrogen-bond acceptors (Lipinski definition) is 4. The average Bonchev–Trinajstić information content (AvgIpc) is 3.07. The van der Waals surface area contributed by atoms with Crippen molar-refractivity contribution in [1.29, 1.82) is 0 Å². The van der Waals surface area contributed by atoms with Crippen LogP contribution in [0.15, 0.2) is 54.0 Å². The van der Waals surface area contributed by atoms with E-state index in [0.717, 1.165) is 18.8 Å². The highest BCUT2D eigenvalue weighted by molar-refractivity contribution is 7.13. The first-order valence-corrected chi connectivity index (χ1v) is 9.31. The molecule has 0 saturated carbocycles. The molecule has 0 aliphatic rings. The van der Waals surface area contributed by atoms with Crippen molar-refractivity contribution in [2.24, 2.45) is 0 Å². The Morgan fingerprint density at radius 1 is 1.16 bits per heavy atom. The van der Waals surface area contributed by atoms with Crippen LogP contribution in [0.5, 0.6) is 0 Å². The number of aryl methyl sites for hydroxylation is 2. The SMILES string of the molecule is CC(=O)CCc1ccc(-c2sccc2CNc2cc(C)ccn2)cc1. The van der Waals surface area contributed by atoms with Gasteiger partial charge >= 0.3 is 0 Å². The summed E-state index contributed by atoms with van der Waals surface area (Å²) in [6.45, 7) is 4.46. The number of Topliss-reactive ketones (excluding diaryl/α,β-unsaturated/α-hetero) is 1. The van der Waals surface area contributed by atoms with E-state index in [1.807, 2.05) is 12.3 Å². The van der Waals surface area contributed by atoms with Gasteiger partial charge in [0.15, 0.2) is 0 Å². The Bertz CT molecular complexity index is 852. The molecule has 0 atom stereocenters. The summed E-state index contributed by atoms with van der Waals surface area (Å²) in [4.78, 5) is 16.7. The number of nitrogens with zero attached hydrogens (tertiary/aromatic N) is 1. The maximum absolute atomic E-state index is 11.1. The van der Waals surface area contributed by atoms with Crippen LogP contribution in [-0.2, 0) is 17.8 Å². The number of nitrogens with one attached hydrogen (secondary N) is 1. The molecular weight excluding hydrogens is 328 g/mol. The number of rotatable bonds is 7. The fraction of sp³-hybridized carbons (Fsp3) is 0.238.